The number of ether oxygens (including phenoxy) is 1. The van der Waals surface area contributed by atoms with E-state index in [1.165, 1.54) is 0 Å². The van der Waals surface area contributed by atoms with Crippen LogP contribution in [0, 0.1) is 0 Å². The molecule has 0 aliphatic heterocycles. The third-order valence-electron chi connectivity index (χ3n) is 3.30. The predicted molar refractivity (Wildman–Crippen MR) is 87.3 cm³/mol. The molecular formula is C17H25F3N2O2. The number of benzene rings is 1. The van der Waals surface area contributed by atoms with Crippen LogP contribution in [-0.2, 0) is 11.3 Å². The van der Waals surface area contributed by atoms with Crippen molar-refractivity contribution in [3.8, 4) is 5.75 Å². The van der Waals surface area contributed by atoms with Crippen LogP contribution >= 0.6 is 0 Å². The Labute approximate surface area is 140 Å². The van der Waals surface area contributed by atoms with E-state index in [0.29, 0.717) is 18.8 Å². The monoisotopic (exact) mass is 346 g/mol. The van der Waals surface area contributed by atoms with Gasteiger partial charge in [-0.3, -0.25) is 9.18 Å². The van der Waals surface area contributed by atoms with E-state index in [4.69, 9.17) is 4.74 Å². The maximum Gasteiger partial charge on any atom is 0.233 e. The predicted octanol–water partition coefficient (Wildman–Crippen LogP) is 2.72. The molecule has 0 saturated heterocycles. The Hall–Kier alpha value is -1.76. The molecule has 0 bridgehead atoms. The summed E-state index contributed by atoms with van der Waals surface area (Å²) in [6.45, 7) is 2.05. The number of alkyl halides is 3. The minimum atomic E-state index is -1.85. The van der Waals surface area contributed by atoms with Gasteiger partial charge in [-0.05, 0) is 24.1 Å². The van der Waals surface area contributed by atoms with Crippen molar-refractivity contribution in [3.63, 3.8) is 0 Å². The van der Waals surface area contributed by atoms with E-state index >= 15 is 0 Å². The van der Waals surface area contributed by atoms with Crippen molar-refractivity contribution in [1.82, 2.24) is 10.6 Å². The van der Waals surface area contributed by atoms with Gasteiger partial charge in [-0.25, -0.2) is 8.78 Å². The number of hydrogen-bond acceptors (Lipinski definition) is 3. The largest absolute Gasteiger partial charge is 0.490 e. The quantitative estimate of drug-likeness (QED) is 0.612. The first-order chi connectivity index (χ1) is 11.6. The average Bonchev–Trinajstić information content (AvgIpc) is 2.59. The van der Waals surface area contributed by atoms with Gasteiger partial charge in [0.05, 0.1) is 13.2 Å². The smallest absolute Gasteiger partial charge is 0.233 e. The van der Waals surface area contributed by atoms with Crippen molar-refractivity contribution in [3.05, 3.63) is 29.8 Å². The maximum absolute atomic E-state index is 13.4. The molecule has 0 aromatic heterocycles. The van der Waals surface area contributed by atoms with Crippen molar-refractivity contribution in [2.75, 3.05) is 26.4 Å². The van der Waals surface area contributed by atoms with Crippen LogP contribution < -0.4 is 15.4 Å². The number of hydrogen-bond donors (Lipinski definition) is 2. The normalized spacial score (nSPS) is 13.3. The van der Waals surface area contributed by atoms with Crippen molar-refractivity contribution in [2.45, 2.75) is 38.7 Å². The summed E-state index contributed by atoms with van der Waals surface area (Å²) in [6.07, 6.45) is -3.26. The lowest BCUT2D eigenvalue weighted by Crippen LogP contribution is -2.33. The highest BCUT2D eigenvalue weighted by atomic mass is 19.2. The summed E-state index contributed by atoms with van der Waals surface area (Å²) in [5, 5.41) is 5.77. The molecule has 1 amide bonds. The topological polar surface area (TPSA) is 50.4 Å². The van der Waals surface area contributed by atoms with Crippen LogP contribution in [0.4, 0.5) is 13.2 Å². The summed E-state index contributed by atoms with van der Waals surface area (Å²) in [4.78, 5) is 11.4. The molecule has 24 heavy (non-hydrogen) atoms. The van der Waals surface area contributed by atoms with E-state index in [0.717, 1.165) is 12.0 Å². The highest BCUT2D eigenvalue weighted by molar-refractivity contribution is 5.77. The molecule has 7 heteroatoms. The van der Waals surface area contributed by atoms with Gasteiger partial charge in [0.2, 0.25) is 5.91 Å². The molecule has 1 aromatic rings. The molecule has 1 aromatic carbocycles. The number of rotatable bonds is 12. The first kappa shape index (κ1) is 20.3. The van der Waals surface area contributed by atoms with E-state index < -0.39 is 32.0 Å². The van der Waals surface area contributed by atoms with Crippen molar-refractivity contribution >= 4 is 5.91 Å². The molecule has 4 nitrogen and oxygen atoms in total. The summed E-state index contributed by atoms with van der Waals surface area (Å²) in [5.74, 6) is 0.356. The first-order valence-electron chi connectivity index (χ1n) is 8.10. The zero-order valence-electron chi connectivity index (χ0n) is 13.9. The number of halogens is 3. The minimum Gasteiger partial charge on any atom is -0.490 e. The van der Waals surface area contributed by atoms with E-state index in [1.807, 2.05) is 6.92 Å². The van der Waals surface area contributed by atoms with Crippen LogP contribution in [0.3, 0.4) is 0 Å². The second-order valence-corrected chi connectivity index (χ2v) is 5.42. The molecule has 0 fully saturated rings. The lowest BCUT2D eigenvalue weighted by Gasteiger charge is -2.13. The maximum atomic E-state index is 13.4. The molecule has 2 N–H and O–H groups in total. The van der Waals surface area contributed by atoms with Crippen molar-refractivity contribution in [2.24, 2.45) is 0 Å². The summed E-state index contributed by atoms with van der Waals surface area (Å²) < 4.78 is 43.6. The zero-order chi connectivity index (χ0) is 17.8. The SMILES string of the molecule is CCCNC(=O)CNCc1ccc(OCC(F)C(F)CCF)cc1. The van der Waals surface area contributed by atoms with Gasteiger partial charge in [-0.15, -0.1) is 0 Å². The van der Waals surface area contributed by atoms with Crippen LogP contribution in [0.25, 0.3) is 0 Å². The van der Waals surface area contributed by atoms with Crippen LogP contribution in [0.1, 0.15) is 25.3 Å². The van der Waals surface area contributed by atoms with Crippen molar-refractivity contribution in [1.29, 1.82) is 0 Å². The second-order valence-electron chi connectivity index (χ2n) is 5.42. The molecule has 136 valence electrons. The van der Waals surface area contributed by atoms with E-state index in [1.54, 1.807) is 24.3 Å². The number of carbonyl (C=O) groups is 1. The van der Waals surface area contributed by atoms with Gasteiger partial charge in [-0.1, -0.05) is 19.1 Å². The first-order valence-corrected chi connectivity index (χ1v) is 8.10. The van der Waals surface area contributed by atoms with Crippen LogP contribution in [-0.4, -0.2) is 44.6 Å². The fraction of sp³-hybridized carbons (Fsp3) is 0.588. The Balaban J connectivity index is 2.29. The summed E-state index contributed by atoms with van der Waals surface area (Å²) >= 11 is 0. The Bertz CT molecular complexity index is 471. The molecule has 1 rings (SSSR count). The van der Waals surface area contributed by atoms with Gasteiger partial charge in [0, 0.05) is 19.5 Å². The molecule has 0 saturated carbocycles. The molecule has 0 aliphatic rings. The fourth-order valence-corrected chi connectivity index (χ4v) is 1.92. The number of nitrogens with one attached hydrogen (secondary N) is 2. The summed E-state index contributed by atoms with van der Waals surface area (Å²) in [5.41, 5.74) is 0.934. The van der Waals surface area contributed by atoms with Crippen LogP contribution in [0.5, 0.6) is 5.75 Å². The molecule has 2 unspecified atom stereocenters. The number of amides is 1. The van der Waals surface area contributed by atoms with Gasteiger partial charge in [0.1, 0.15) is 18.5 Å². The number of carbonyl (C=O) groups excluding carboxylic acids is 1. The third-order valence-corrected chi connectivity index (χ3v) is 3.30. The average molecular weight is 346 g/mol. The molecule has 2 atom stereocenters. The molecule has 0 radical (unpaired) electrons. The van der Waals surface area contributed by atoms with Gasteiger partial charge in [0.15, 0.2) is 6.17 Å². The summed E-state index contributed by atoms with van der Waals surface area (Å²) in [7, 11) is 0. The van der Waals surface area contributed by atoms with Gasteiger partial charge < -0.3 is 15.4 Å². The van der Waals surface area contributed by atoms with E-state index in [9.17, 15) is 18.0 Å². The van der Waals surface area contributed by atoms with Gasteiger partial charge >= 0.3 is 0 Å². The fourth-order valence-electron chi connectivity index (χ4n) is 1.92. The van der Waals surface area contributed by atoms with Crippen molar-refractivity contribution < 1.29 is 22.7 Å². The third kappa shape index (κ3) is 8.19. The lowest BCUT2D eigenvalue weighted by molar-refractivity contribution is -0.120. The standard InChI is InChI=1S/C17H25F3N2O2/c1-2-9-22-17(23)11-21-10-13-3-5-14(6-4-13)24-12-16(20)15(19)7-8-18/h3-6,15-16,21H,2,7-12H2,1H3,(H,22,23). The minimum absolute atomic E-state index is 0.0557. The molecular weight excluding hydrogens is 321 g/mol. The molecule has 0 aliphatic carbocycles. The highest BCUT2D eigenvalue weighted by Gasteiger charge is 2.20. The zero-order valence-corrected chi connectivity index (χ0v) is 13.9. The Morgan fingerprint density at radius 1 is 1.21 bits per heavy atom. The summed E-state index contributed by atoms with van der Waals surface area (Å²) in [6, 6.07) is 6.83. The van der Waals surface area contributed by atoms with E-state index in [2.05, 4.69) is 10.6 Å². The second kappa shape index (κ2) is 11.7. The van der Waals surface area contributed by atoms with E-state index in [-0.39, 0.29) is 12.5 Å². The van der Waals surface area contributed by atoms with Gasteiger partial charge in [-0.2, -0.15) is 0 Å². The molecule has 0 heterocycles. The highest BCUT2D eigenvalue weighted by Crippen LogP contribution is 2.15. The Morgan fingerprint density at radius 2 is 1.92 bits per heavy atom. The van der Waals surface area contributed by atoms with Crippen LogP contribution in [0.2, 0.25) is 0 Å². The van der Waals surface area contributed by atoms with Crippen LogP contribution in [0.15, 0.2) is 24.3 Å². The molecule has 0 spiro atoms. The Kier molecular flexibility index (Phi) is 9.91. The van der Waals surface area contributed by atoms with Gasteiger partial charge in [0.25, 0.3) is 0 Å². The lowest BCUT2D eigenvalue weighted by atomic mass is 10.2. The Morgan fingerprint density at radius 3 is 2.54 bits per heavy atom.